The molecular weight excluding hydrogens is 332 g/mol. The Kier molecular flexibility index (Phi) is 6.00. The average Bonchev–Trinajstić information content (AvgIpc) is 3.06. The van der Waals surface area contributed by atoms with Crippen molar-refractivity contribution in [1.82, 2.24) is 10.3 Å². The molecule has 1 aromatic heterocycles. The number of para-hydroxylation sites is 1. The summed E-state index contributed by atoms with van der Waals surface area (Å²) in [6.07, 6.45) is 4.36. The third kappa shape index (κ3) is 4.60. The zero-order chi connectivity index (χ0) is 19.4. The summed E-state index contributed by atoms with van der Waals surface area (Å²) in [5, 5.41) is 4.34. The van der Waals surface area contributed by atoms with Gasteiger partial charge >= 0.3 is 0 Å². The van der Waals surface area contributed by atoms with E-state index in [0.29, 0.717) is 18.9 Å². The van der Waals surface area contributed by atoms with Crippen LogP contribution in [0, 0.1) is 20.8 Å². The lowest BCUT2D eigenvalue weighted by Crippen LogP contribution is -2.25. The fourth-order valence-electron chi connectivity index (χ4n) is 3.79. The standard InChI is InChI=1S/C24H30N2O/c1-16-8-9-17(2)22(14-16)18(3)10-11-23(27)25-13-12-20-15-26-24-19(4)6-5-7-21(20)24/h5-9,14-15,18,26H,10-13H2,1-4H3,(H,25,27). The zero-order valence-corrected chi connectivity index (χ0v) is 16.9. The van der Waals surface area contributed by atoms with Gasteiger partial charge in [0, 0.05) is 30.1 Å². The highest BCUT2D eigenvalue weighted by molar-refractivity contribution is 5.86. The number of aromatic nitrogens is 1. The van der Waals surface area contributed by atoms with Crippen molar-refractivity contribution in [1.29, 1.82) is 0 Å². The molecule has 142 valence electrons. The molecule has 3 heteroatoms. The smallest absolute Gasteiger partial charge is 0.220 e. The number of aromatic amines is 1. The topological polar surface area (TPSA) is 44.9 Å². The molecule has 1 amide bonds. The van der Waals surface area contributed by atoms with Crippen molar-refractivity contribution in [3.8, 4) is 0 Å². The first-order valence-corrected chi connectivity index (χ1v) is 9.85. The minimum Gasteiger partial charge on any atom is -0.361 e. The SMILES string of the molecule is Cc1ccc(C)c(C(C)CCC(=O)NCCc2c[nH]c3c(C)cccc23)c1. The highest BCUT2D eigenvalue weighted by atomic mass is 16.1. The number of nitrogens with one attached hydrogen (secondary N) is 2. The number of amides is 1. The van der Waals surface area contributed by atoms with Crippen molar-refractivity contribution in [3.63, 3.8) is 0 Å². The average molecular weight is 363 g/mol. The molecule has 3 nitrogen and oxygen atoms in total. The van der Waals surface area contributed by atoms with Gasteiger partial charge in [0.1, 0.15) is 0 Å². The van der Waals surface area contributed by atoms with Crippen LogP contribution in [0.2, 0.25) is 0 Å². The maximum atomic E-state index is 12.3. The van der Waals surface area contributed by atoms with Crippen LogP contribution in [0.1, 0.15) is 53.5 Å². The Morgan fingerprint density at radius 3 is 2.74 bits per heavy atom. The van der Waals surface area contributed by atoms with Gasteiger partial charge in [-0.25, -0.2) is 0 Å². The minimum absolute atomic E-state index is 0.142. The van der Waals surface area contributed by atoms with E-state index < -0.39 is 0 Å². The highest BCUT2D eigenvalue weighted by Crippen LogP contribution is 2.25. The maximum absolute atomic E-state index is 12.3. The van der Waals surface area contributed by atoms with E-state index in [2.05, 4.69) is 80.6 Å². The number of hydrogen-bond donors (Lipinski definition) is 2. The molecular formula is C24H30N2O. The lowest BCUT2D eigenvalue weighted by molar-refractivity contribution is -0.121. The fraction of sp³-hybridized carbons (Fsp3) is 0.375. The molecule has 1 heterocycles. The van der Waals surface area contributed by atoms with Crippen LogP contribution in [-0.2, 0) is 11.2 Å². The van der Waals surface area contributed by atoms with E-state index in [9.17, 15) is 4.79 Å². The molecule has 1 atom stereocenters. The Balaban J connectivity index is 1.48. The summed E-state index contributed by atoms with van der Waals surface area (Å²) in [5.41, 5.74) is 7.66. The number of H-pyrrole nitrogens is 1. The second-order valence-electron chi connectivity index (χ2n) is 7.71. The van der Waals surface area contributed by atoms with E-state index in [1.54, 1.807) is 0 Å². The lowest BCUT2D eigenvalue weighted by atomic mass is 9.91. The fourth-order valence-corrected chi connectivity index (χ4v) is 3.79. The molecule has 2 N–H and O–H groups in total. The number of carbonyl (C=O) groups excluding carboxylic acids is 1. The van der Waals surface area contributed by atoms with Crippen LogP contribution < -0.4 is 5.32 Å². The van der Waals surface area contributed by atoms with Gasteiger partial charge in [0.25, 0.3) is 0 Å². The Labute approximate surface area is 162 Å². The Hall–Kier alpha value is -2.55. The van der Waals surface area contributed by atoms with Crippen molar-refractivity contribution in [2.75, 3.05) is 6.54 Å². The number of rotatable bonds is 7. The summed E-state index contributed by atoms with van der Waals surface area (Å²) in [4.78, 5) is 15.6. The number of carbonyl (C=O) groups is 1. The van der Waals surface area contributed by atoms with Crippen molar-refractivity contribution in [2.45, 2.75) is 52.9 Å². The van der Waals surface area contributed by atoms with E-state index in [1.165, 1.54) is 38.7 Å². The van der Waals surface area contributed by atoms with Crippen LogP contribution >= 0.6 is 0 Å². The molecule has 0 saturated heterocycles. The molecule has 3 rings (SSSR count). The highest BCUT2D eigenvalue weighted by Gasteiger charge is 2.12. The summed E-state index contributed by atoms with van der Waals surface area (Å²) in [5.74, 6) is 0.537. The van der Waals surface area contributed by atoms with Crippen LogP contribution in [0.5, 0.6) is 0 Å². The predicted octanol–water partition coefficient (Wildman–Crippen LogP) is 5.34. The van der Waals surface area contributed by atoms with Crippen molar-refractivity contribution < 1.29 is 4.79 Å². The lowest BCUT2D eigenvalue weighted by Gasteiger charge is -2.15. The van der Waals surface area contributed by atoms with Gasteiger partial charge in [-0.2, -0.15) is 0 Å². The normalized spacial score (nSPS) is 12.3. The Morgan fingerprint density at radius 2 is 1.93 bits per heavy atom. The molecule has 0 saturated carbocycles. The minimum atomic E-state index is 0.142. The quantitative estimate of drug-likeness (QED) is 0.586. The third-order valence-corrected chi connectivity index (χ3v) is 5.50. The molecule has 0 aliphatic rings. The number of benzene rings is 2. The molecule has 2 aromatic carbocycles. The monoisotopic (exact) mass is 362 g/mol. The first kappa shape index (κ1) is 19.2. The summed E-state index contributed by atoms with van der Waals surface area (Å²) in [6, 6.07) is 12.9. The molecule has 0 fully saturated rings. The molecule has 1 unspecified atom stereocenters. The van der Waals surface area contributed by atoms with Gasteiger partial charge in [-0.1, -0.05) is 48.9 Å². The zero-order valence-electron chi connectivity index (χ0n) is 16.9. The molecule has 27 heavy (non-hydrogen) atoms. The van der Waals surface area contributed by atoms with Crippen LogP contribution in [-0.4, -0.2) is 17.4 Å². The van der Waals surface area contributed by atoms with Crippen LogP contribution in [0.25, 0.3) is 10.9 Å². The van der Waals surface area contributed by atoms with Crippen LogP contribution in [0.3, 0.4) is 0 Å². The van der Waals surface area contributed by atoms with Gasteiger partial charge in [-0.15, -0.1) is 0 Å². The largest absolute Gasteiger partial charge is 0.361 e. The summed E-state index contributed by atoms with van der Waals surface area (Å²) in [7, 11) is 0. The van der Waals surface area contributed by atoms with E-state index in [4.69, 9.17) is 0 Å². The van der Waals surface area contributed by atoms with E-state index >= 15 is 0 Å². The van der Waals surface area contributed by atoms with Crippen LogP contribution in [0.15, 0.2) is 42.6 Å². The number of hydrogen-bond acceptors (Lipinski definition) is 1. The van der Waals surface area contributed by atoms with Gasteiger partial charge in [0.15, 0.2) is 0 Å². The Bertz CT molecular complexity index is 939. The number of fused-ring (bicyclic) bond motifs is 1. The number of aryl methyl sites for hydroxylation is 3. The first-order valence-electron chi connectivity index (χ1n) is 9.85. The molecule has 3 aromatic rings. The second kappa shape index (κ2) is 8.43. The van der Waals surface area contributed by atoms with E-state index in [1.807, 2.05) is 0 Å². The second-order valence-corrected chi connectivity index (χ2v) is 7.71. The summed E-state index contributed by atoms with van der Waals surface area (Å²) >= 11 is 0. The van der Waals surface area contributed by atoms with Gasteiger partial charge in [0.2, 0.25) is 5.91 Å². The van der Waals surface area contributed by atoms with Gasteiger partial charge < -0.3 is 10.3 Å². The molecule has 0 aliphatic carbocycles. The predicted molar refractivity (Wildman–Crippen MR) is 113 cm³/mol. The van der Waals surface area contributed by atoms with E-state index in [0.717, 1.165) is 12.8 Å². The van der Waals surface area contributed by atoms with Gasteiger partial charge in [-0.3, -0.25) is 4.79 Å². The molecule has 0 aliphatic heterocycles. The maximum Gasteiger partial charge on any atom is 0.220 e. The van der Waals surface area contributed by atoms with Crippen LogP contribution in [0.4, 0.5) is 0 Å². The van der Waals surface area contributed by atoms with Crippen molar-refractivity contribution in [2.24, 2.45) is 0 Å². The van der Waals surface area contributed by atoms with E-state index in [-0.39, 0.29) is 5.91 Å². The van der Waals surface area contributed by atoms with Gasteiger partial charge in [0.05, 0.1) is 0 Å². The van der Waals surface area contributed by atoms with Crippen molar-refractivity contribution >= 4 is 16.8 Å². The van der Waals surface area contributed by atoms with Gasteiger partial charge in [-0.05, 0) is 61.8 Å². The Morgan fingerprint density at radius 1 is 1.11 bits per heavy atom. The molecule has 0 bridgehead atoms. The third-order valence-electron chi connectivity index (χ3n) is 5.50. The summed E-state index contributed by atoms with van der Waals surface area (Å²) < 4.78 is 0. The summed E-state index contributed by atoms with van der Waals surface area (Å²) in [6.45, 7) is 9.27. The molecule has 0 spiro atoms. The first-order chi connectivity index (χ1) is 13.0. The van der Waals surface area contributed by atoms with Crippen molar-refractivity contribution in [3.05, 3.63) is 70.4 Å². The molecule has 0 radical (unpaired) electrons.